The maximum Gasteiger partial charge on any atom is 0.263 e. The Morgan fingerprint density at radius 1 is 1.23 bits per heavy atom. The molecule has 2 N–H and O–H groups in total. The van der Waals surface area contributed by atoms with Crippen molar-refractivity contribution in [2.24, 2.45) is 5.92 Å². The van der Waals surface area contributed by atoms with E-state index < -0.39 is 0 Å². The average Bonchev–Trinajstić information content (AvgIpc) is 3.05. The van der Waals surface area contributed by atoms with Crippen molar-refractivity contribution < 1.29 is 9.59 Å². The molecule has 0 bridgehead atoms. The van der Waals surface area contributed by atoms with Crippen molar-refractivity contribution in [3.63, 3.8) is 0 Å². The molecule has 2 saturated heterocycles. The summed E-state index contributed by atoms with van der Waals surface area (Å²) in [6, 6.07) is 3.93. The second-order valence-electron chi connectivity index (χ2n) is 9.07. The van der Waals surface area contributed by atoms with Gasteiger partial charge in [-0.25, -0.2) is 0 Å². The number of rotatable bonds is 3. The minimum atomic E-state index is -0.103. The summed E-state index contributed by atoms with van der Waals surface area (Å²) in [4.78, 5) is 28.1. The summed E-state index contributed by atoms with van der Waals surface area (Å²) in [5.41, 5.74) is 0.0147. The third kappa shape index (κ3) is 4.65. The number of hydrogen-bond donors (Lipinski definition) is 2. The Hall–Kier alpha value is -1.40. The molecule has 1 atom stereocenters. The summed E-state index contributed by atoms with van der Waals surface area (Å²) in [5.74, 6) is 0.0579. The number of amides is 2. The fraction of sp³-hybridized carbons (Fsp3) is 0.700. The SMILES string of the molecule is CC1(C)CC(NC(=O)[C@@H]2CCCN(C(=O)c3cccs3)C2)CC(C)(C)N1. The van der Waals surface area contributed by atoms with Gasteiger partial charge in [0.1, 0.15) is 0 Å². The van der Waals surface area contributed by atoms with Gasteiger partial charge in [-0.1, -0.05) is 6.07 Å². The lowest BCUT2D eigenvalue weighted by Gasteiger charge is -2.47. The van der Waals surface area contributed by atoms with Crippen molar-refractivity contribution in [2.45, 2.75) is 70.5 Å². The Morgan fingerprint density at radius 2 is 1.92 bits per heavy atom. The summed E-state index contributed by atoms with van der Waals surface area (Å²) < 4.78 is 0. The molecule has 1 aromatic heterocycles. The van der Waals surface area contributed by atoms with Gasteiger partial charge in [0, 0.05) is 30.2 Å². The number of carbonyl (C=O) groups excluding carboxylic acids is 2. The fourth-order valence-corrected chi connectivity index (χ4v) is 5.37. The van der Waals surface area contributed by atoms with Crippen molar-refractivity contribution >= 4 is 23.2 Å². The molecule has 6 heteroatoms. The van der Waals surface area contributed by atoms with Crippen LogP contribution in [-0.2, 0) is 4.79 Å². The van der Waals surface area contributed by atoms with E-state index in [-0.39, 0.29) is 34.9 Å². The highest BCUT2D eigenvalue weighted by atomic mass is 32.1. The van der Waals surface area contributed by atoms with E-state index in [1.54, 1.807) is 0 Å². The molecule has 1 aromatic rings. The summed E-state index contributed by atoms with van der Waals surface area (Å²) >= 11 is 1.46. The molecule has 0 unspecified atom stereocenters. The van der Waals surface area contributed by atoms with Crippen LogP contribution in [0, 0.1) is 5.92 Å². The zero-order chi connectivity index (χ0) is 18.9. The minimum absolute atomic E-state index is 0.00737. The summed E-state index contributed by atoms with van der Waals surface area (Å²) in [5, 5.41) is 8.85. The van der Waals surface area contributed by atoms with Crippen LogP contribution in [0.3, 0.4) is 0 Å². The van der Waals surface area contributed by atoms with E-state index in [2.05, 4.69) is 38.3 Å². The molecule has 0 radical (unpaired) electrons. The average molecular weight is 378 g/mol. The van der Waals surface area contributed by atoms with Crippen LogP contribution in [0.1, 0.15) is 63.0 Å². The van der Waals surface area contributed by atoms with Gasteiger partial charge in [-0.15, -0.1) is 11.3 Å². The van der Waals surface area contributed by atoms with E-state index in [0.29, 0.717) is 6.54 Å². The maximum atomic E-state index is 12.9. The molecule has 144 valence electrons. The van der Waals surface area contributed by atoms with Gasteiger partial charge >= 0.3 is 0 Å². The van der Waals surface area contributed by atoms with E-state index in [4.69, 9.17) is 0 Å². The number of carbonyl (C=O) groups is 2. The minimum Gasteiger partial charge on any atom is -0.353 e. The fourth-order valence-electron chi connectivity index (χ4n) is 4.68. The lowest BCUT2D eigenvalue weighted by molar-refractivity contribution is -0.127. The molecule has 3 rings (SSSR count). The van der Waals surface area contributed by atoms with Crippen molar-refractivity contribution in [3.8, 4) is 0 Å². The molecule has 0 aromatic carbocycles. The van der Waals surface area contributed by atoms with Crippen molar-refractivity contribution in [1.29, 1.82) is 0 Å². The van der Waals surface area contributed by atoms with Crippen molar-refractivity contribution in [2.75, 3.05) is 13.1 Å². The van der Waals surface area contributed by atoms with Crippen LogP contribution in [0.25, 0.3) is 0 Å². The van der Waals surface area contributed by atoms with Gasteiger partial charge in [-0.3, -0.25) is 9.59 Å². The first-order chi connectivity index (χ1) is 12.2. The van der Waals surface area contributed by atoms with E-state index in [1.165, 1.54) is 11.3 Å². The number of likely N-dealkylation sites (tertiary alicyclic amines) is 1. The van der Waals surface area contributed by atoms with Crippen LogP contribution in [0.5, 0.6) is 0 Å². The summed E-state index contributed by atoms with van der Waals surface area (Å²) in [6.45, 7) is 10.0. The molecular formula is C20H31N3O2S. The standard InChI is InChI=1S/C20H31N3O2S/c1-19(2)11-15(12-20(3,4)22-19)21-17(24)14-7-5-9-23(13-14)18(25)16-8-6-10-26-16/h6,8,10,14-15,22H,5,7,9,11-13H2,1-4H3,(H,21,24)/t14-/m1/s1. The van der Waals surface area contributed by atoms with E-state index in [0.717, 1.165) is 37.1 Å². The van der Waals surface area contributed by atoms with Gasteiger partial charge < -0.3 is 15.5 Å². The molecule has 0 aliphatic carbocycles. The maximum absolute atomic E-state index is 12.9. The third-order valence-electron chi connectivity index (χ3n) is 5.35. The van der Waals surface area contributed by atoms with Crippen LogP contribution in [-0.4, -0.2) is 46.9 Å². The van der Waals surface area contributed by atoms with Gasteiger partial charge in [-0.2, -0.15) is 0 Å². The van der Waals surface area contributed by atoms with E-state index >= 15 is 0 Å². The first-order valence-corrected chi connectivity index (χ1v) is 10.5. The number of hydrogen-bond acceptors (Lipinski definition) is 4. The lowest BCUT2D eigenvalue weighted by Crippen LogP contribution is -2.62. The molecule has 2 aliphatic heterocycles. The van der Waals surface area contributed by atoms with Crippen molar-refractivity contribution in [1.82, 2.24) is 15.5 Å². The summed E-state index contributed by atoms with van der Waals surface area (Å²) in [6.07, 6.45) is 3.59. The van der Waals surface area contributed by atoms with Crippen LogP contribution < -0.4 is 10.6 Å². The van der Waals surface area contributed by atoms with Crippen LogP contribution in [0.15, 0.2) is 17.5 Å². The first kappa shape index (κ1) is 19.4. The number of nitrogens with zero attached hydrogens (tertiary/aromatic N) is 1. The van der Waals surface area contributed by atoms with Gasteiger partial charge in [0.05, 0.1) is 10.8 Å². The van der Waals surface area contributed by atoms with E-state index in [9.17, 15) is 9.59 Å². The molecular weight excluding hydrogens is 346 g/mol. The smallest absolute Gasteiger partial charge is 0.263 e. The lowest BCUT2D eigenvalue weighted by atomic mass is 9.79. The topological polar surface area (TPSA) is 61.4 Å². The normalized spacial score (nSPS) is 25.7. The van der Waals surface area contributed by atoms with Gasteiger partial charge in [0.15, 0.2) is 0 Å². The second kappa shape index (κ2) is 7.31. The molecule has 2 aliphatic rings. The Kier molecular flexibility index (Phi) is 5.45. The molecule has 0 spiro atoms. The van der Waals surface area contributed by atoms with Gasteiger partial charge in [0.25, 0.3) is 5.91 Å². The van der Waals surface area contributed by atoms with Crippen LogP contribution in [0.4, 0.5) is 0 Å². The highest BCUT2D eigenvalue weighted by Gasteiger charge is 2.39. The zero-order valence-corrected chi connectivity index (χ0v) is 17.1. The first-order valence-electron chi connectivity index (χ1n) is 9.58. The highest BCUT2D eigenvalue weighted by molar-refractivity contribution is 7.12. The molecule has 5 nitrogen and oxygen atoms in total. The monoisotopic (exact) mass is 377 g/mol. The predicted molar refractivity (Wildman–Crippen MR) is 105 cm³/mol. The number of thiophene rings is 1. The molecule has 0 saturated carbocycles. The van der Waals surface area contributed by atoms with Crippen LogP contribution >= 0.6 is 11.3 Å². The molecule has 26 heavy (non-hydrogen) atoms. The quantitative estimate of drug-likeness (QED) is 0.851. The Bertz CT molecular complexity index is 638. The third-order valence-corrected chi connectivity index (χ3v) is 6.21. The molecule has 3 heterocycles. The molecule has 2 amide bonds. The summed E-state index contributed by atoms with van der Waals surface area (Å²) in [7, 11) is 0. The van der Waals surface area contributed by atoms with Crippen LogP contribution in [0.2, 0.25) is 0 Å². The predicted octanol–water partition coefficient (Wildman–Crippen LogP) is 3.03. The number of nitrogens with one attached hydrogen (secondary N) is 2. The Balaban J connectivity index is 1.60. The number of piperidine rings is 2. The van der Waals surface area contributed by atoms with Gasteiger partial charge in [0.2, 0.25) is 5.91 Å². The van der Waals surface area contributed by atoms with E-state index in [1.807, 2.05) is 22.4 Å². The Morgan fingerprint density at radius 3 is 2.54 bits per heavy atom. The highest BCUT2D eigenvalue weighted by Crippen LogP contribution is 2.29. The van der Waals surface area contributed by atoms with Gasteiger partial charge in [-0.05, 0) is 64.8 Å². The largest absolute Gasteiger partial charge is 0.353 e. The zero-order valence-electron chi connectivity index (χ0n) is 16.3. The molecule has 2 fully saturated rings. The van der Waals surface area contributed by atoms with Crippen molar-refractivity contribution in [3.05, 3.63) is 22.4 Å². The Labute approximate surface area is 160 Å². The second-order valence-corrected chi connectivity index (χ2v) is 10.0.